The van der Waals surface area contributed by atoms with Crippen LogP contribution >= 0.6 is 0 Å². The predicted molar refractivity (Wildman–Crippen MR) is 107 cm³/mol. The van der Waals surface area contributed by atoms with E-state index in [0.29, 0.717) is 25.7 Å². The Labute approximate surface area is 163 Å². The van der Waals surface area contributed by atoms with Crippen LogP contribution in [0.3, 0.4) is 0 Å². The van der Waals surface area contributed by atoms with Gasteiger partial charge in [0, 0.05) is 12.7 Å². The van der Waals surface area contributed by atoms with Crippen LogP contribution in [0.5, 0.6) is 0 Å². The third-order valence-corrected chi connectivity index (χ3v) is 12.5. The molecule has 2 aliphatic carbocycles. The van der Waals surface area contributed by atoms with Crippen molar-refractivity contribution in [1.29, 1.82) is 0 Å². The van der Waals surface area contributed by atoms with E-state index in [1.54, 1.807) is 30.3 Å². The molecule has 1 aromatic rings. The smallest absolute Gasteiger partial charge is 0.296 e. The van der Waals surface area contributed by atoms with Gasteiger partial charge in [-0.3, -0.25) is 0 Å². The number of sulfone groups is 2. The number of benzene rings is 1. The minimum absolute atomic E-state index is 0.212. The van der Waals surface area contributed by atoms with E-state index < -0.39 is 34.4 Å². The summed E-state index contributed by atoms with van der Waals surface area (Å²) in [5.74, 6) is 0. The molecular weight excluding hydrogens is 384 g/mol. The Hall–Kier alpha value is -0.920. The Morgan fingerprint density at radius 3 is 1.52 bits per heavy atom. The van der Waals surface area contributed by atoms with E-state index in [1.807, 2.05) is 0 Å². The van der Waals surface area contributed by atoms with Crippen LogP contribution in [0.15, 0.2) is 30.3 Å². The molecule has 27 heavy (non-hydrogen) atoms. The second-order valence-corrected chi connectivity index (χ2v) is 12.7. The van der Waals surface area contributed by atoms with Crippen molar-refractivity contribution in [3.8, 4) is 0 Å². The lowest BCUT2D eigenvalue weighted by Crippen LogP contribution is -2.53. The molecule has 2 aliphatic rings. The number of hydrogen-bond donors (Lipinski definition) is 0. The molecule has 0 heterocycles. The molecule has 3 rings (SSSR count). The fourth-order valence-electron chi connectivity index (χ4n) is 4.67. The van der Waals surface area contributed by atoms with Crippen molar-refractivity contribution in [2.75, 3.05) is 7.11 Å². The van der Waals surface area contributed by atoms with Gasteiger partial charge < -0.3 is 4.74 Å². The molecule has 0 aromatic heterocycles. The van der Waals surface area contributed by atoms with Crippen LogP contribution in [-0.2, 0) is 28.7 Å². The average Bonchev–Trinajstić information content (AvgIpc) is 2.71. The van der Waals surface area contributed by atoms with Crippen molar-refractivity contribution < 1.29 is 21.6 Å². The zero-order valence-electron chi connectivity index (χ0n) is 16.0. The molecule has 152 valence electrons. The van der Waals surface area contributed by atoms with Gasteiger partial charge in [0.25, 0.3) is 4.27 Å². The lowest BCUT2D eigenvalue weighted by molar-refractivity contribution is 0.123. The molecule has 0 atom stereocenters. The van der Waals surface area contributed by atoms with Crippen LogP contribution in [0.2, 0.25) is 0 Å². The van der Waals surface area contributed by atoms with Crippen molar-refractivity contribution in [2.45, 2.75) is 79.0 Å². The van der Waals surface area contributed by atoms with Gasteiger partial charge in [0.05, 0.1) is 10.5 Å². The minimum atomic E-state index is -4.11. The fraction of sp³-hybridized carbons (Fsp3) is 0.700. The zero-order valence-corrected chi connectivity index (χ0v) is 17.6. The molecule has 0 bridgehead atoms. The Balaban J connectivity index is 2.20. The van der Waals surface area contributed by atoms with Gasteiger partial charge in [-0.15, -0.1) is 0 Å². The van der Waals surface area contributed by atoms with Crippen molar-refractivity contribution in [1.82, 2.24) is 0 Å². The largest absolute Gasteiger partial charge is 0.347 e. The monoisotopic (exact) mass is 414 g/mol. The summed E-state index contributed by atoms with van der Waals surface area (Å²) >= 11 is 0. The quantitative estimate of drug-likeness (QED) is 0.705. The standard InChI is InChI=1S/C20H30O5S2/c1-25-20(17-11-5-2-6-12-17,26(21,22)18-13-7-3-8-14-18)27(23,24)19-15-9-4-10-16-19/h2,5-6,11-12,18-19H,3-4,7-10,13-16H2,1H3. The van der Waals surface area contributed by atoms with Gasteiger partial charge in [-0.2, -0.15) is 0 Å². The molecule has 0 unspecified atom stereocenters. The average molecular weight is 415 g/mol. The van der Waals surface area contributed by atoms with Crippen molar-refractivity contribution in [2.24, 2.45) is 0 Å². The SMILES string of the molecule is COC(c1ccccc1)(S(=O)(=O)C1CCCCC1)S(=O)(=O)C1CCCCC1. The first kappa shape index (κ1) is 20.8. The van der Waals surface area contributed by atoms with E-state index in [0.717, 1.165) is 38.5 Å². The zero-order chi connectivity index (χ0) is 19.5. The minimum Gasteiger partial charge on any atom is -0.347 e. The van der Waals surface area contributed by atoms with Gasteiger partial charge in [0.1, 0.15) is 0 Å². The molecule has 5 nitrogen and oxygen atoms in total. The Bertz CT molecular complexity index is 770. The maximum absolute atomic E-state index is 13.8. The van der Waals surface area contributed by atoms with Crippen LogP contribution in [0, 0.1) is 0 Å². The van der Waals surface area contributed by atoms with Crippen molar-refractivity contribution >= 4 is 19.7 Å². The molecule has 2 fully saturated rings. The summed E-state index contributed by atoms with van der Waals surface area (Å²) in [5.41, 5.74) is 0.212. The molecule has 0 saturated heterocycles. The summed E-state index contributed by atoms with van der Waals surface area (Å²) in [6.07, 6.45) is 7.22. The summed E-state index contributed by atoms with van der Waals surface area (Å²) in [4.78, 5) is 0. The highest BCUT2D eigenvalue weighted by molar-refractivity contribution is 8.09. The number of methoxy groups -OCH3 is 1. The molecule has 0 amide bonds. The summed E-state index contributed by atoms with van der Waals surface area (Å²) in [5, 5.41) is -1.35. The second-order valence-electron chi connectivity index (χ2n) is 7.74. The molecule has 0 aliphatic heterocycles. The van der Waals surface area contributed by atoms with Crippen molar-refractivity contribution in [3.63, 3.8) is 0 Å². The molecule has 0 radical (unpaired) electrons. The number of ether oxygens (including phenoxy) is 1. The third-order valence-electron chi connectivity index (χ3n) is 6.13. The normalized spacial score (nSPS) is 21.2. The van der Waals surface area contributed by atoms with Gasteiger partial charge in [-0.05, 0) is 25.7 Å². The van der Waals surface area contributed by atoms with E-state index in [1.165, 1.54) is 7.11 Å². The van der Waals surface area contributed by atoms with E-state index >= 15 is 0 Å². The molecule has 2 saturated carbocycles. The van der Waals surface area contributed by atoms with Gasteiger partial charge in [0.2, 0.25) is 19.7 Å². The molecule has 1 aromatic carbocycles. The van der Waals surface area contributed by atoms with Gasteiger partial charge in [0.15, 0.2) is 0 Å². The Morgan fingerprint density at radius 2 is 1.15 bits per heavy atom. The highest BCUT2D eigenvalue weighted by atomic mass is 32.3. The fourth-order valence-corrected chi connectivity index (χ4v) is 11.0. The summed E-state index contributed by atoms with van der Waals surface area (Å²) in [6, 6.07) is 8.25. The number of rotatable bonds is 6. The number of hydrogen-bond acceptors (Lipinski definition) is 5. The van der Waals surface area contributed by atoms with E-state index in [4.69, 9.17) is 4.74 Å². The first-order chi connectivity index (χ1) is 12.9. The lowest BCUT2D eigenvalue weighted by atomic mass is 10.0. The Kier molecular flexibility index (Phi) is 6.33. The van der Waals surface area contributed by atoms with E-state index in [-0.39, 0.29) is 5.56 Å². The molecule has 0 N–H and O–H groups in total. The Morgan fingerprint density at radius 1 is 0.741 bits per heavy atom. The molecular formula is C20H30O5S2. The highest BCUT2D eigenvalue weighted by Crippen LogP contribution is 2.46. The predicted octanol–water partition coefficient (Wildman–Crippen LogP) is 3.94. The van der Waals surface area contributed by atoms with E-state index in [9.17, 15) is 16.8 Å². The first-order valence-electron chi connectivity index (χ1n) is 9.95. The summed E-state index contributed by atoms with van der Waals surface area (Å²) in [7, 11) is -6.98. The highest BCUT2D eigenvalue weighted by Gasteiger charge is 2.61. The second kappa shape index (κ2) is 8.21. The van der Waals surface area contributed by atoms with Gasteiger partial charge in [-0.1, -0.05) is 68.9 Å². The van der Waals surface area contributed by atoms with Gasteiger partial charge in [-0.25, -0.2) is 16.8 Å². The third kappa shape index (κ3) is 3.47. The first-order valence-corrected chi connectivity index (χ1v) is 13.0. The van der Waals surface area contributed by atoms with Crippen LogP contribution < -0.4 is 0 Å². The maximum atomic E-state index is 13.8. The maximum Gasteiger partial charge on any atom is 0.296 e. The van der Waals surface area contributed by atoms with Crippen molar-refractivity contribution in [3.05, 3.63) is 35.9 Å². The topological polar surface area (TPSA) is 77.5 Å². The van der Waals surface area contributed by atoms with Crippen LogP contribution in [0.4, 0.5) is 0 Å². The van der Waals surface area contributed by atoms with Crippen LogP contribution in [0.25, 0.3) is 0 Å². The summed E-state index contributed by atoms with van der Waals surface area (Å²) < 4.78 is 58.6. The van der Waals surface area contributed by atoms with Crippen LogP contribution in [0.1, 0.15) is 69.8 Å². The van der Waals surface area contributed by atoms with E-state index in [2.05, 4.69) is 0 Å². The lowest BCUT2D eigenvalue weighted by Gasteiger charge is -2.39. The van der Waals surface area contributed by atoms with Crippen LogP contribution in [-0.4, -0.2) is 34.4 Å². The molecule has 7 heteroatoms. The molecule has 0 spiro atoms. The summed E-state index contributed by atoms with van der Waals surface area (Å²) in [6.45, 7) is 0. The van der Waals surface area contributed by atoms with Gasteiger partial charge >= 0.3 is 0 Å².